The third-order valence-electron chi connectivity index (χ3n) is 2.09. The van der Waals surface area contributed by atoms with Gasteiger partial charge in [-0.1, -0.05) is 29.8 Å². The predicted octanol–water partition coefficient (Wildman–Crippen LogP) is 1.57. The van der Waals surface area contributed by atoms with E-state index in [9.17, 15) is 4.79 Å². The van der Waals surface area contributed by atoms with Crippen molar-refractivity contribution in [3.63, 3.8) is 0 Å². The highest BCUT2D eigenvalue weighted by Crippen LogP contribution is 2.06. The molecule has 0 spiro atoms. The lowest BCUT2D eigenvalue weighted by Crippen LogP contribution is -2.23. The number of carbonyl (C=O) groups is 1. The molecule has 0 saturated heterocycles. The molecule has 0 aliphatic carbocycles. The molecule has 0 heterocycles. The predicted molar refractivity (Wildman–Crippen MR) is 58.1 cm³/mol. The molecule has 1 aromatic rings. The van der Waals surface area contributed by atoms with Crippen molar-refractivity contribution >= 4 is 5.91 Å². The van der Waals surface area contributed by atoms with Crippen LogP contribution < -0.4 is 5.32 Å². The first-order valence-corrected chi connectivity index (χ1v) is 4.91. The van der Waals surface area contributed by atoms with E-state index in [1.165, 1.54) is 5.56 Å². The lowest BCUT2D eigenvalue weighted by atomic mass is 10.1. The first-order chi connectivity index (χ1) is 7.22. The summed E-state index contributed by atoms with van der Waals surface area (Å²) in [5.41, 5.74) is 2.35. The van der Waals surface area contributed by atoms with Crippen molar-refractivity contribution in [2.24, 2.45) is 0 Å². The number of nitriles is 1. The zero-order chi connectivity index (χ0) is 11.1. The number of hydrogen-bond acceptors (Lipinski definition) is 2. The molecule has 1 N–H and O–H groups in total. The summed E-state index contributed by atoms with van der Waals surface area (Å²) in [5.74, 6) is -0.0712. The summed E-state index contributed by atoms with van der Waals surface area (Å²) < 4.78 is 0. The van der Waals surface area contributed by atoms with Gasteiger partial charge in [-0.05, 0) is 18.9 Å². The zero-order valence-electron chi connectivity index (χ0n) is 8.79. The minimum Gasteiger partial charge on any atom is -0.343 e. The molecule has 15 heavy (non-hydrogen) atoms. The van der Waals surface area contributed by atoms with Gasteiger partial charge < -0.3 is 5.32 Å². The van der Waals surface area contributed by atoms with Crippen LogP contribution in [0.4, 0.5) is 0 Å². The second-order valence-electron chi connectivity index (χ2n) is 3.42. The molecule has 1 rings (SSSR count). The van der Waals surface area contributed by atoms with Crippen molar-refractivity contribution in [1.82, 2.24) is 5.32 Å². The molecule has 1 amide bonds. The molecule has 3 nitrogen and oxygen atoms in total. The molecule has 0 aromatic heterocycles. The molecule has 0 unspecified atom stereocenters. The number of carbonyl (C=O) groups excluding carboxylic acids is 1. The Morgan fingerprint density at radius 1 is 1.53 bits per heavy atom. The molecule has 0 saturated carbocycles. The molecule has 3 heteroatoms. The molecule has 0 radical (unpaired) electrons. The van der Waals surface area contributed by atoms with E-state index in [4.69, 9.17) is 5.26 Å². The van der Waals surface area contributed by atoms with Crippen LogP contribution in [-0.2, 0) is 11.2 Å². The molecule has 78 valence electrons. The Morgan fingerprint density at radius 3 is 3.00 bits per heavy atom. The van der Waals surface area contributed by atoms with Crippen molar-refractivity contribution in [3.8, 4) is 6.07 Å². The molecule has 0 fully saturated rings. The third kappa shape index (κ3) is 4.28. The van der Waals surface area contributed by atoms with Crippen LogP contribution in [0.2, 0.25) is 0 Å². The second kappa shape index (κ2) is 5.82. The van der Waals surface area contributed by atoms with Crippen molar-refractivity contribution in [2.75, 3.05) is 6.54 Å². The smallest absolute Gasteiger partial charge is 0.221 e. The Labute approximate surface area is 89.7 Å². The van der Waals surface area contributed by atoms with E-state index in [2.05, 4.69) is 11.4 Å². The Balaban J connectivity index is 2.37. The number of aryl methyl sites for hydroxylation is 2. The van der Waals surface area contributed by atoms with Crippen LogP contribution in [0.5, 0.6) is 0 Å². The quantitative estimate of drug-likeness (QED) is 0.753. The van der Waals surface area contributed by atoms with Gasteiger partial charge in [0.05, 0.1) is 6.07 Å². The Hall–Kier alpha value is -1.82. The summed E-state index contributed by atoms with van der Waals surface area (Å²) in [6.45, 7) is 2.12. The van der Waals surface area contributed by atoms with Crippen LogP contribution in [0.15, 0.2) is 24.3 Å². The van der Waals surface area contributed by atoms with Crippen molar-refractivity contribution in [2.45, 2.75) is 19.8 Å². The maximum absolute atomic E-state index is 11.2. The lowest BCUT2D eigenvalue weighted by molar-refractivity contribution is -0.120. The standard InChI is InChI=1S/C12H14N2O/c1-10-3-2-4-11(9-10)5-6-12(15)14-8-7-13/h2-4,9H,5-6,8H2,1H3,(H,14,15). The Bertz CT molecular complexity index is 379. The van der Waals surface area contributed by atoms with Crippen molar-refractivity contribution in [1.29, 1.82) is 5.26 Å². The third-order valence-corrected chi connectivity index (χ3v) is 2.09. The summed E-state index contributed by atoms with van der Waals surface area (Å²) in [5, 5.41) is 10.8. The monoisotopic (exact) mass is 202 g/mol. The summed E-state index contributed by atoms with van der Waals surface area (Å²) in [4.78, 5) is 11.2. The first-order valence-electron chi connectivity index (χ1n) is 4.91. The van der Waals surface area contributed by atoms with Gasteiger partial charge in [-0.2, -0.15) is 5.26 Å². The first kappa shape index (κ1) is 11.3. The van der Waals surface area contributed by atoms with E-state index in [1.807, 2.05) is 31.2 Å². The summed E-state index contributed by atoms with van der Waals surface area (Å²) in [6.07, 6.45) is 1.16. The normalized spacial score (nSPS) is 9.33. The van der Waals surface area contributed by atoms with Crippen molar-refractivity contribution in [3.05, 3.63) is 35.4 Å². The average molecular weight is 202 g/mol. The van der Waals surface area contributed by atoms with Gasteiger partial charge in [0.1, 0.15) is 6.54 Å². The molecule has 0 aliphatic rings. The van der Waals surface area contributed by atoms with Crippen LogP contribution >= 0.6 is 0 Å². The average Bonchev–Trinajstić information content (AvgIpc) is 2.23. The van der Waals surface area contributed by atoms with Crippen LogP contribution in [-0.4, -0.2) is 12.5 Å². The SMILES string of the molecule is Cc1cccc(CCC(=O)NCC#N)c1. The minimum atomic E-state index is -0.0712. The topological polar surface area (TPSA) is 52.9 Å². The number of rotatable bonds is 4. The number of benzene rings is 1. The number of hydrogen-bond donors (Lipinski definition) is 1. The Morgan fingerprint density at radius 2 is 2.33 bits per heavy atom. The maximum Gasteiger partial charge on any atom is 0.221 e. The number of amides is 1. The fourth-order valence-corrected chi connectivity index (χ4v) is 1.35. The fraction of sp³-hybridized carbons (Fsp3) is 0.333. The van der Waals surface area contributed by atoms with E-state index in [0.717, 1.165) is 12.0 Å². The van der Waals surface area contributed by atoms with Gasteiger partial charge >= 0.3 is 0 Å². The van der Waals surface area contributed by atoms with Gasteiger partial charge in [-0.15, -0.1) is 0 Å². The van der Waals surface area contributed by atoms with Crippen LogP contribution in [0.3, 0.4) is 0 Å². The van der Waals surface area contributed by atoms with E-state index in [1.54, 1.807) is 0 Å². The number of nitrogens with one attached hydrogen (secondary N) is 1. The molecule has 0 atom stereocenters. The van der Waals surface area contributed by atoms with Gasteiger partial charge in [0.2, 0.25) is 5.91 Å². The van der Waals surface area contributed by atoms with Crippen molar-refractivity contribution < 1.29 is 4.79 Å². The summed E-state index contributed by atoms with van der Waals surface area (Å²) >= 11 is 0. The Kier molecular flexibility index (Phi) is 4.36. The number of nitrogens with zero attached hydrogens (tertiary/aromatic N) is 1. The van der Waals surface area contributed by atoms with E-state index < -0.39 is 0 Å². The van der Waals surface area contributed by atoms with Gasteiger partial charge in [0, 0.05) is 6.42 Å². The van der Waals surface area contributed by atoms with Crippen LogP contribution in [0.25, 0.3) is 0 Å². The van der Waals surface area contributed by atoms with Gasteiger partial charge in [0.15, 0.2) is 0 Å². The molecular weight excluding hydrogens is 188 g/mol. The minimum absolute atomic E-state index is 0.0712. The molecular formula is C12H14N2O. The summed E-state index contributed by atoms with van der Waals surface area (Å²) in [7, 11) is 0. The van der Waals surface area contributed by atoms with Crippen LogP contribution in [0, 0.1) is 18.3 Å². The van der Waals surface area contributed by atoms with E-state index in [0.29, 0.717) is 6.42 Å². The maximum atomic E-state index is 11.2. The van der Waals surface area contributed by atoms with Crippen LogP contribution in [0.1, 0.15) is 17.5 Å². The van der Waals surface area contributed by atoms with Gasteiger partial charge in [-0.25, -0.2) is 0 Å². The highest BCUT2D eigenvalue weighted by atomic mass is 16.1. The van der Waals surface area contributed by atoms with E-state index in [-0.39, 0.29) is 12.5 Å². The molecule has 0 aliphatic heterocycles. The highest BCUT2D eigenvalue weighted by Gasteiger charge is 2.00. The second-order valence-corrected chi connectivity index (χ2v) is 3.42. The van der Waals surface area contributed by atoms with Gasteiger partial charge in [-0.3, -0.25) is 4.79 Å². The lowest BCUT2D eigenvalue weighted by Gasteiger charge is -2.02. The highest BCUT2D eigenvalue weighted by molar-refractivity contribution is 5.76. The van der Waals surface area contributed by atoms with Gasteiger partial charge in [0.25, 0.3) is 0 Å². The summed E-state index contributed by atoms with van der Waals surface area (Å²) in [6, 6.07) is 9.96. The fourth-order valence-electron chi connectivity index (χ4n) is 1.35. The largest absolute Gasteiger partial charge is 0.343 e. The zero-order valence-corrected chi connectivity index (χ0v) is 8.79. The van der Waals surface area contributed by atoms with E-state index >= 15 is 0 Å². The molecule has 1 aromatic carbocycles. The molecule has 0 bridgehead atoms.